The van der Waals surface area contributed by atoms with Gasteiger partial charge in [0.25, 0.3) is 5.91 Å². The standard InChI is InChI=1S/C20H20N2O3S/c1-2-15-7-5-11-18(13-15)21-20(23)16-8-6-12-19(14-16)26(24,25)22-17-9-3-4-10-17/h1,5-8,11-14,17,22H,3-4,9-10H2,(H,21,23). The third-order valence-electron chi connectivity index (χ3n) is 4.37. The van der Waals surface area contributed by atoms with Gasteiger partial charge in [0.2, 0.25) is 10.0 Å². The third-order valence-corrected chi connectivity index (χ3v) is 5.89. The Kier molecular flexibility index (Phi) is 5.40. The maximum Gasteiger partial charge on any atom is 0.255 e. The molecule has 1 aliphatic carbocycles. The fourth-order valence-corrected chi connectivity index (χ4v) is 4.38. The first-order chi connectivity index (χ1) is 12.5. The smallest absolute Gasteiger partial charge is 0.255 e. The zero-order chi connectivity index (χ0) is 18.6. The molecular formula is C20H20N2O3S. The number of sulfonamides is 1. The van der Waals surface area contributed by atoms with E-state index in [0.717, 1.165) is 25.7 Å². The molecule has 6 heteroatoms. The highest BCUT2D eigenvalue weighted by atomic mass is 32.2. The first-order valence-electron chi connectivity index (χ1n) is 8.48. The summed E-state index contributed by atoms with van der Waals surface area (Å²) in [4.78, 5) is 12.6. The highest BCUT2D eigenvalue weighted by molar-refractivity contribution is 7.89. The summed E-state index contributed by atoms with van der Waals surface area (Å²) in [6.45, 7) is 0. The van der Waals surface area contributed by atoms with Crippen LogP contribution in [0.1, 0.15) is 41.6 Å². The topological polar surface area (TPSA) is 75.3 Å². The number of amides is 1. The molecule has 0 spiro atoms. The quantitative estimate of drug-likeness (QED) is 0.796. The van der Waals surface area contributed by atoms with Crippen molar-refractivity contribution in [1.29, 1.82) is 0 Å². The molecular weight excluding hydrogens is 348 g/mol. The van der Waals surface area contributed by atoms with E-state index in [1.165, 1.54) is 12.1 Å². The van der Waals surface area contributed by atoms with E-state index in [-0.39, 0.29) is 16.5 Å². The van der Waals surface area contributed by atoms with Gasteiger partial charge in [0, 0.05) is 22.9 Å². The normalized spacial score (nSPS) is 14.7. The number of carbonyl (C=O) groups excluding carboxylic acids is 1. The van der Waals surface area contributed by atoms with Crippen LogP contribution >= 0.6 is 0 Å². The van der Waals surface area contributed by atoms with E-state index in [1.807, 2.05) is 0 Å². The molecule has 1 fully saturated rings. The molecule has 0 aromatic heterocycles. The summed E-state index contributed by atoms with van der Waals surface area (Å²) in [5.74, 6) is 2.11. The van der Waals surface area contributed by atoms with E-state index in [2.05, 4.69) is 16.0 Å². The molecule has 2 aromatic carbocycles. The number of anilines is 1. The summed E-state index contributed by atoms with van der Waals surface area (Å²) in [5, 5.41) is 2.73. The molecule has 3 rings (SSSR count). The molecule has 26 heavy (non-hydrogen) atoms. The fraction of sp³-hybridized carbons (Fsp3) is 0.250. The number of hydrogen-bond acceptors (Lipinski definition) is 3. The summed E-state index contributed by atoms with van der Waals surface area (Å²) >= 11 is 0. The van der Waals surface area contributed by atoms with Gasteiger partial charge in [-0.3, -0.25) is 4.79 Å². The Morgan fingerprint density at radius 1 is 1.08 bits per heavy atom. The highest BCUT2D eigenvalue weighted by Gasteiger charge is 2.23. The minimum absolute atomic E-state index is 0.0241. The van der Waals surface area contributed by atoms with Crippen LogP contribution in [0.3, 0.4) is 0 Å². The van der Waals surface area contributed by atoms with Crippen LogP contribution in [-0.2, 0) is 10.0 Å². The molecule has 0 bridgehead atoms. The van der Waals surface area contributed by atoms with E-state index < -0.39 is 15.9 Å². The molecule has 1 saturated carbocycles. The van der Waals surface area contributed by atoms with E-state index in [0.29, 0.717) is 11.3 Å². The number of hydrogen-bond donors (Lipinski definition) is 2. The molecule has 134 valence electrons. The first-order valence-corrected chi connectivity index (χ1v) is 9.97. The third kappa shape index (κ3) is 4.31. The predicted octanol–water partition coefficient (Wildman–Crippen LogP) is 3.14. The largest absolute Gasteiger partial charge is 0.322 e. The average Bonchev–Trinajstić information content (AvgIpc) is 3.14. The summed E-state index contributed by atoms with van der Waals surface area (Å²) in [7, 11) is -3.64. The lowest BCUT2D eigenvalue weighted by molar-refractivity contribution is 0.102. The molecule has 0 heterocycles. The van der Waals surface area contributed by atoms with Gasteiger partial charge >= 0.3 is 0 Å². The first kappa shape index (κ1) is 18.2. The van der Waals surface area contributed by atoms with Crippen molar-refractivity contribution < 1.29 is 13.2 Å². The Labute approximate surface area is 153 Å². The molecule has 1 aliphatic rings. The minimum atomic E-state index is -3.64. The van der Waals surface area contributed by atoms with Crippen molar-refractivity contribution in [2.24, 2.45) is 0 Å². The van der Waals surface area contributed by atoms with Gasteiger partial charge in [0.1, 0.15) is 0 Å². The van der Waals surface area contributed by atoms with Gasteiger partial charge in [0.15, 0.2) is 0 Å². The van der Waals surface area contributed by atoms with E-state index in [9.17, 15) is 13.2 Å². The Balaban J connectivity index is 1.77. The maximum atomic E-state index is 12.5. The van der Waals surface area contributed by atoms with Crippen LogP contribution < -0.4 is 10.0 Å². The van der Waals surface area contributed by atoms with Crippen molar-refractivity contribution >= 4 is 21.6 Å². The number of carbonyl (C=O) groups is 1. The van der Waals surface area contributed by atoms with Crippen LogP contribution in [0.5, 0.6) is 0 Å². The van der Waals surface area contributed by atoms with Gasteiger partial charge in [-0.25, -0.2) is 13.1 Å². The number of nitrogens with one attached hydrogen (secondary N) is 2. The monoisotopic (exact) mass is 368 g/mol. The Hall–Kier alpha value is -2.62. The molecule has 0 aliphatic heterocycles. The Bertz CT molecular complexity index is 955. The van der Waals surface area contributed by atoms with E-state index in [1.54, 1.807) is 36.4 Å². The molecule has 0 saturated heterocycles. The predicted molar refractivity (Wildman–Crippen MR) is 101 cm³/mol. The molecule has 2 N–H and O–H groups in total. The van der Waals surface area contributed by atoms with Crippen LogP contribution in [0.25, 0.3) is 0 Å². The number of benzene rings is 2. The summed E-state index contributed by atoms with van der Waals surface area (Å²) in [6, 6.07) is 12.9. The fourth-order valence-electron chi connectivity index (χ4n) is 3.03. The van der Waals surface area contributed by atoms with Crippen molar-refractivity contribution in [3.8, 4) is 12.3 Å². The molecule has 1 amide bonds. The molecule has 0 unspecified atom stereocenters. The van der Waals surface area contributed by atoms with Crippen molar-refractivity contribution in [2.45, 2.75) is 36.6 Å². The lowest BCUT2D eigenvalue weighted by atomic mass is 10.2. The van der Waals surface area contributed by atoms with Crippen LogP contribution in [0.15, 0.2) is 53.4 Å². The zero-order valence-corrected chi connectivity index (χ0v) is 15.1. The van der Waals surface area contributed by atoms with E-state index >= 15 is 0 Å². The van der Waals surface area contributed by atoms with Crippen molar-refractivity contribution in [1.82, 2.24) is 4.72 Å². The second-order valence-corrected chi connectivity index (χ2v) is 8.02. The van der Waals surface area contributed by atoms with Gasteiger partial charge < -0.3 is 5.32 Å². The Morgan fingerprint density at radius 2 is 1.81 bits per heavy atom. The SMILES string of the molecule is C#Cc1cccc(NC(=O)c2cccc(S(=O)(=O)NC3CCCC3)c2)c1. The summed E-state index contributed by atoms with van der Waals surface area (Å²) in [6.07, 6.45) is 9.13. The van der Waals surface area contributed by atoms with Gasteiger partial charge in [0.05, 0.1) is 4.90 Å². The van der Waals surface area contributed by atoms with Gasteiger partial charge in [-0.2, -0.15) is 0 Å². The highest BCUT2D eigenvalue weighted by Crippen LogP contribution is 2.21. The van der Waals surface area contributed by atoms with Crippen molar-refractivity contribution in [2.75, 3.05) is 5.32 Å². The van der Waals surface area contributed by atoms with Gasteiger partial charge in [-0.1, -0.05) is 30.9 Å². The minimum Gasteiger partial charge on any atom is -0.322 e. The summed E-state index contributed by atoms with van der Waals surface area (Å²) in [5.41, 5.74) is 1.48. The Morgan fingerprint density at radius 3 is 2.54 bits per heavy atom. The van der Waals surface area contributed by atoms with E-state index in [4.69, 9.17) is 6.42 Å². The van der Waals surface area contributed by atoms with Gasteiger partial charge in [-0.05, 0) is 49.2 Å². The molecule has 2 aromatic rings. The average molecular weight is 368 g/mol. The lowest BCUT2D eigenvalue weighted by Gasteiger charge is -2.13. The molecule has 5 nitrogen and oxygen atoms in total. The molecule has 0 radical (unpaired) electrons. The van der Waals surface area contributed by atoms with Crippen molar-refractivity contribution in [3.05, 3.63) is 59.7 Å². The van der Waals surface area contributed by atoms with Crippen LogP contribution in [0, 0.1) is 12.3 Å². The van der Waals surface area contributed by atoms with Crippen molar-refractivity contribution in [3.63, 3.8) is 0 Å². The second kappa shape index (κ2) is 7.73. The molecule has 0 atom stereocenters. The maximum absolute atomic E-state index is 12.5. The van der Waals surface area contributed by atoms with Gasteiger partial charge in [-0.15, -0.1) is 6.42 Å². The van der Waals surface area contributed by atoms with Crippen LogP contribution in [0.4, 0.5) is 5.69 Å². The van der Waals surface area contributed by atoms with Crippen LogP contribution in [-0.4, -0.2) is 20.4 Å². The van der Waals surface area contributed by atoms with Crippen LogP contribution in [0.2, 0.25) is 0 Å². The number of rotatable bonds is 5. The second-order valence-electron chi connectivity index (χ2n) is 6.31. The summed E-state index contributed by atoms with van der Waals surface area (Å²) < 4.78 is 27.8. The lowest BCUT2D eigenvalue weighted by Crippen LogP contribution is -2.32. The number of terminal acetylenes is 1. The zero-order valence-electron chi connectivity index (χ0n) is 14.2.